The lowest BCUT2D eigenvalue weighted by molar-refractivity contribution is -0.140. The van der Waals surface area contributed by atoms with E-state index in [0.717, 1.165) is 21.3 Å². The van der Waals surface area contributed by atoms with Gasteiger partial charge in [0.2, 0.25) is 0 Å². The minimum atomic E-state index is -0.672. The summed E-state index contributed by atoms with van der Waals surface area (Å²) in [6, 6.07) is 12.1. The predicted octanol–water partition coefficient (Wildman–Crippen LogP) is 4.78. The maximum atomic E-state index is 13.1. The Morgan fingerprint density at radius 3 is 2.52 bits per heavy atom. The number of aliphatic hydroxyl groups is 1. The van der Waals surface area contributed by atoms with Crippen LogP contribution in [0.5, 0.6) is 5.75 Å². The van der Waals surface area contributed by atoms with Crippen LogP contribution in [-0.4, -0.2) is 60.4 Å². The SMILES string of the molecule is Cc1cc(/C(O)=C2/C(=O)C(=O)N(CCN(C)C)C2c2cccc(Br)c2)ccc1OCC(C)C. The number of hydrogen-bond donors (Lipinski definition) is 1. The second kappa shape index (κ2) is 10.5. The molecule has 1 heterocycles. The number of carbonyl (C=O) groups excluding carboxylic acids is 2. The topological polar surface area (TPSA) is 70.1 Å². The normalized spacial score (nSPS) is 17.9. The summed E-state index contributed by atoms with van der Waals surface area (Å²) in [6.07, 6.45) is 0. The molecular weight excluding hydrogens is 484 g/mol. The zero-order chi connectivity index (χ0) is 24.3. The first-order valence-electron chi connectivity index (χ1n) is 11.0. The molecule has 0 radical (unpaired) electrons. The molecule has 1 aliphatic heterocycles. The fourth-order valence-corrected chi connectivity index (χ4v) is 4.23. The zero-order valence-corrected chi connectivity index (χ0v) is 21.3. The van der Waals surface area contributed by atoms with Crippen LogP contribution in [0.2, 0.25) is 0 Å². The minimum absolute atomic E-state index is 0.104. The number of likely N-dealkylation sites (tertiary alicyclic amines) is 1. The lowest BCUT2D eigenvalue weighted by Gasteiger charge is -2.26. The van der Waals surface area contributed by atoms with Crippen LogP contribution in [0.15, 0.2) is 52.5 Å². The van der Waals surface area contributed by atoms with Crippen LogP contribution >= 0.6 is 15.9 Å². The van der Waals surface area contributed by atoms with E-state index in [2.05, 4.69) is 29.8 Å². The van der Waals surface area contributed by atoms with Gasteiger partial charge in [0, 0.05) is 23.1 Å². The molecular formula is C26H31BrN2O4. The number of carbonyl (C=O) groups is 2. The van der Waals surface area contributed by atoms with Crippen LogP contribution in [0.4, 0.5) is 0 Å². The number of likely N-dealkylation sites (N-methyl/N-ethyl adjacent to an activating group) is 1. The molecule has 1 saturated heterocycles. The highest BCUT2D eigenvalue weighted by Gasteiger charge is 2.45. The Hall–Kier alpha value is -2.64. The van der Waals surface area contributed by atoms with Gasteiger partial charge in [-0.3, -0.25) is 9.59 Å². The van der Waals surface area contributed by atoms with Crippen LogP contribution in [0.3, 0.4) is 0 Å². The highest BCUT2D eigenvalue weighted by molar-refractivity contribution is 9.10. The summed E-state index contributed by atoms with van der Waals surface area (Å²) in [5.74, 6) is -0.328. The number of Topliss-reactive ketones (excluding diaryl/α,β-unsaturated/α-hetero) is 1. The number of ether oxygens (including phenoxy) is 1. The van der Waals surface area contributed by atoms with Gasteiger partial charge < -0.3 is 19.6 Å². The summed E-state index contributed by atoms with van der Waals surface area (Å²) in [5, 5.41) is 11.3. The van der Waals surface area contributed by atoms with Crippen molar-refractivity contribution < 1.29 is 19.4 Å². The molecule has 2 aromatic carbocycles. The lowest BCUT2D eigenvalue weighted by atomic mass is 9.95. The van der Waals surface area contributed by atoms with Crippen LogP contribution < -0.4 is 4.74 Å². The van der Waals surface area contributed by atoms with Gasteiger partial charge in [0.05, 0.1) is 18.2 Å². The average Bonchev–Trinajstić information content (AvgIpc) is 3.01. The van der Waals surface area contributed by atoms with Crippen molar-refractivity contribution >= 4 is 33.4 Å². The van der Waals surface area contributed by atoms with Crippen molar-refractivity contribution in [3.8, 4) is 5.75 Å². The van der Waals surface area contributed by atoms with Gasteiger partial charge in [0.25, 0.3) is 11.7 Å². The van der Waals surface area contributed by atoms with Gasteiger partial charge in [0.15, 0.2) is 0 Å². The van der Waals surface area contributed by atoms with Gasteiger partial charge in [0.1, 0.15) is 11.5 Å². The van der Waals surface area contributed by atoms with Crippen LogP contribution in [0, 0.1) is 12.8 Å². The molecule has 0 spiro atoms. The molecule has 0 aliphatic carbocycles. The number of amides is 1. The third kappa shape index (κ3) is 5.65. The number of aryl methyl sites for hydroxylation is 1. The van der Waals surface area contributed by atoms with Gasteiger partial charge in [-0.25, -0.2) is 0 Å². The number of hydrogen-bond acceptors (Lipinski definition) is 5. The van der Waals surface area contributed by atoms with Crippen molar-refractivity contribution in [1.82, 2.24) is 9.80 Å². The van der Waals surface area contributed by atoms with E-state index in [1.807, 2.05) is 50.2 Å². The van der Waals surface area contributed by atoms with Gasteiger partial charge in [-0.2, -0.15) is 0 Å². The number of nitrogens with zero attached hydrogens (tertiary/aromatic N) is 2. The molecule has 1 atom stereocenters. The molecule has 3 rings (SSSR count). The molecule has 0 bridgehead atoms. The largest absolute Gasteiger partial charge is 0.507 e. The third-order valence-corrected chi connectivity index (χ3v) is 6.01. The second-order valence-electron chi connectivity index (χ2n) is 9.04. The third-order valence-electron chi connectivity index (χ3n) is 5.51. The van der Waals surface area contributed by atoms with Crippen molar-refractivity contribution in [2.45, 2.75) is 26.8 Å². The van der Waals surface area contributed by atoms with E-state index in [1.165, 1.54) is 0 Å². The standard InChI is InChI=1S/C26H31BrN2O4/c1-16(2)15-33-21-10-9-19(13-17(21)3)24(30)22-23(18-7-6-8-20(27)14-18)29(12-11-28(4)5)26(32)25(22)31/h6-10,13-14,16,23,30H,11-12,15H2,1-5H3/b24-22-. The maximum absolute atomic E-state index is 13.1. The number of rotatable bonds is 8. The van der Waals surface area contributed by atoms with Crippen molar-refractivity contribution in [2.75, 3.05) is 33.8 Å². The van der Waals surface area contributed by atoms with E-state index >= 15 is 0 Å². The summed E-state index contributed by atoms with van der Waals surface area (Å²) >= 11 is 3.48. The molecule has 33 heavy (non-hydrogen) atoms. The molecule has 1 fully saturated rings. The molecule has 0 saturated carbocycles. The summed E-state index contributed by atoms with van der Waals surface area (Å²) in [7, 11) is 3.83. The average molecular weight is 515 g/mol. The van der Waals surface area contributed by atoms with E-state index in [4.69, 9.17) is 4.74 Å². The summed E-state index contributed by atoms with van der Waals surface area (Å²) in [4.78, 5) is 29.6. The Balaban J connectivity index is 2.07. The molecule has 1 N–H and O–H groups in total. The van der Waals surface area contributed by atoms with Crippen molar-refractivity contribution in [2.24, 2.45) is 5.92 Å². The molecule has 1 amide bonds. The minimum Gasteiger partial charge on any atom is -0.507 e. The Kier molecular flexibility index (Phi) is 7.97. The molecule has 0 aromatic heterocycles. The first-order chi connectivity index (χ1) is 15.6. The number of ketones is 1. The summed E-state index contributed by atoms with van der Waals surface area (Å²) < 4.78 is 6.67. The maximum Gasteiger partial charge on any atom is 0.295 e. The first kappa shape index (κ1) is 25.0. The van der Waals surface area contributed by atoms with Gasteiger partial charge in [-0.05, 0) is 68.4 Å². The zero-order valence-electron chi connectivity index (χ0n) is 19.8. The number of aliphatic hydroxyl groups excluding tert-OH is 1. The van der Waals surface area contributed by atoms with E-state index in [1.54, 1.807) is 23.1 Å². The Bertz CT molecular complexity index is 1080. The summed E-state index contributed by atoms with van der Waals surface area (Å²) in [5.41, 5.74) is 2.19. The molecule has 176 valence electrons. The Labute approximate surface area is 204 Å². The molecule has 2 aromatic rings. The number of benzene rings is 2. The van der Waals surface area contributed by atoms with Crippen molar-refractivity contribution in [3.63, 3.8) is 0 Å². The van der Waals surface area contributed by atoms with Crippen LogP contribution in [0.25, 0.3) is 5.76 Å². The smallest absolute Gasteiger partial charge is 0.295 e. The second-order valence-corrected chi connectivity index (χ2v) is 9.95. The first-order valence-corrected chi connectivity index (χ1v) is 11.8. The predicted molar refractivity (Wildman–Crippen MR) is 133 cm³/mol. The quantitative estimate of drug-likeness (QED) is 0.312. The molecule has 1 unspecified atom stereocenters. The Morgan fingerprint density at radius 1 is 1.18 bits per heavy atom. The molecule has 1 aliphatic rings. The van der Waals surface area contributed by atoms with Crippen LogP contribution in [-0.2, 0) is 9.59 Å². The van der Waals surface area contributed by atoms with E-state index in [-0.39, 0.29) is 11.3 Å². The monoisotopic (exact) mass is 514 g/mol. The lowest BCUT2D eigenvalue weighted by Crippen LogP contribution is -2.35. The highest BCUT2D eigenvalue weighted by Crippen LogP contribution is 2.40. The summed E-state index contributed by atoms with van der Waals surface area (Å²) in [6.45, 7) is 7.60. The van der Waals surface area contributed by atoms with E-state index in [9.17, 15) is 14.7 Å². The van der Waals surface area contributed by atoms with Gasteiger partial charge in [-0.1, -0.05) is 41.9 Å². The van der Waals surface area contributed by atoms with Crippen LogP contribution in [0.1, 0.15) is 36.6 Å². The van der Waals surface area contributed by atoms with E-state index in [0.29, 0.717) is 31.2 Å². The highest BCUT2D eigenvalue weighted by atomic mass is 79.9. The van der Waals surface area contributed by atoms with Crippen molar-refractivity contribution in [3.05, 3.63) is 69.2 Å². The van der Waals surface area contributed by atoms with Crippen molar-refractivity contribution in [1.29, 1.82) is 0 Å². The number of halogens is 1. The molecule has 7 heteroatoms. The van der Waals surface area contributed by atoms with Gasteiger partial charge >= 0.3 is 0 Å². The fraction of sp³-hybridized carbons (Fsp3) is 0.385. The fourth-order valence-electron chi connectivity index (χ4n) is 3.81. The molecule has 6 nitrogen and oxygen atoms in total. The van der Waals surface area contributed by atoms with Gasteiger partial charge in [-0.15, -0.1) is 0 Å². The van der Waals surface area contributed by atoms with E-state index < -0.39 is 17.7 Å². The Morgan fingerprint density at radius 2 is 1.91 bits per heavy atom.